The number of nitrogens with one attached hydrogen (secondary N) is 1. The topological polar surface area (TPSA) is 72.0 Å². The van der Waals surface area contributed by atoms with Crippen LogP contribution in [0.5, 0.6) is 0 Å². The molecule has 84 valence electrons. The van der Waals surface area contributed by atoms with E-state index in [0.717, 1.165) is 38.5 Å². The van der Waals surface area contributed by atoms with Crippen LogP contribution in [0.1, 0.15) is 12.2 Å². The van der Waals surface area contributed by atoms with E-state index < -0.39 is 0 Å². The summed E-state index contributed by atoms with van der Waals surface area (Å²) in [5.74, 6) is 1.30. The zero-order chi connectivity index (χ0) is 10.7. The van der Waals surface area contributed by atoms with E-state index in [2.05, 4.69) is 20.3 Å². The van der Waals surface area contributed by atoms with Gasteiger partial charge in [0.1, 0.15) is 0 Å². The fraction of sp³-hybridized carbons (Fsp3) is 0.778. The fourth-order valence-corrected chi connectivity index (χ4v) is 1.78. The minimum absolute atomic E-state index is 0.484. The lowest BCUT2D eigenvalue weighted by molar-refractivity contribution is 0.277. The van der Waals surface area contributed by atoms with Gasteiger partial charge in [-0.15, -0.1) is 0 Å². The van der Waals surface area contributed by atoms with Crippen molar-refractivity contribution in [3.05, 3.63) is 5.82 Å². The van der Waals surface area contributed by atoms with Crippen molar-refractivity contribution in [1.29, 1.82) is 0 Å². The quantitative estimate of drug-likeness (QED) is 0.668. The lowest BCUT2D eigenvalue weighted by Gasteiger charge is -2.16. The molecule has 0 bridgehead atoms. The van der Waals surface area contributed by atoms with Crippen LogP contribution in [-0.2, 0) is 13.6 Å². The van der Waals surface area contributed by atoms with Crippen LogP contribution < -0.4 is 11.1 Å². The van der Waals surface area contributed by atoms with Crippen molar-refractivity contribution in [1.82, 2.24) is 25.0 Å². The Labute approximate surface area is 89.5 Å². The zero-order valence-electron chi connectivity index (χ0n) is 9.11. The maximum atomic E-state index is 5.64. The molecule has 1 aliphatic heterocycles. The lowest BCUT2D eigenvalue weighted by Crippen LogP contribution is -2.28. The first-order chi connectivity index (χ1) is 7.25. The summed E-state index contributed by atoms with van der Waals surface area (Å²) in [6.07, 6.45) is 1.18. The monoisotopic (exact) mass is 210 g/mol. The summed E-state index contributed by atoms with van der Waals surface area (Å²) in [6, 6.07) is 0. The Hall–Kier alpha value is -1.14. The number of aromatic nitrogens is 3. The molecule has 6 heteroatoms. The van der Waals surface area contributed by atoms with E-state index in [1.807, 2.05) is 7.05 Å². The highest BCUT2D eigenvalue weighted by Crippen LogP contribution is 2.04. The molecular formula is C9H18N6. The van der Waals surface area contributed by atoms with Crippen LogP contribution in [0.3, 0.4) is 0 Å². The predicted molar refractivity (Wildman–Crippen MR) is 58.2 cm³/mol. The van der Waals surface area contributed by atoms with Gasteiger partial charge in [0.2, 0.25) is 5.95 Å². The Morgan fingerprint density at radius 1 is 1.40 bits per heavy atom. The first kappa shape index (κ1) is 10.4. The van der Waals surface area contributed by atoms with Gasteiger partial charge in [-0.05, 0) is 19.5 Å². The van der Waals surface area contributed by atoms with Crippen LogP contribution in [0.2, 0.25) is 0 Å². The van der Waals surface area contributed by atoms with Crippen molar-refractivity contribution < 1.29 is 0 Å². The Balaban J connectivity index is 1.95. The van der Waals surface area contributed by atoms with E-state index in [0.29, 0.717) is 5.95 Å². The number of nitrogen functional groups attached to an aromatic ring is 1. The number of rotatable bonds is 2. The van der Waals surface area contributed by atoms with Crippen LogP contribution >= 0.6 is 0 Å². The molecule has 2 rings (SSSR count). The summed E-state index contributed by atoms with van der Waals surface area (Å²) in [5.41, 5.74) is 5.64. The second-order valence-corrected chi connectivity index (χ2v) is 3.89. The Morgan fingerprint density at radius 3 is 3.00 bits per heavy atom. The number of anilines is 1. The molecule has 1 aliphatic rings. The SMILES string of the molecule is Cn1nc(CN2CCCNCC2)nc1N. The van der Waals surface area contributed by atoms with Crippen molar-refractivity contribution in [2.75, 3.05) is 31.9 Å². The summed E-state index contributed by atoms with van der Waals surface area (Å²) >= 11 is 0. The second-order valence-electron chi connectivity index (χ2n) is 3.89. The minimum atomic E-state index is 0.484. The number of hydrogen-bond acceptors (Lipinski definition) is 5. The molecule has 1 aromatic heterocycles. The standard InChI is InChI=1S/C9H18N6/c1-14-9(10)12-8(13-14)7-15-5-2-3-11-4-6-15/h11H,2-7H2,1H3,(H2,10,12,13). The van der Waals surface area contributed by atoms with E-state index in [4.69, 9.17) is 5.73 Å². The Morgan fingerprint density at radius 2 is 2.27 bits per heavy atom. The number of nitrogens with zero attached hydrogens (tertiary/aromatic N) is 4. The molecule has 0 amide bonds. The molecule has 2 heterocycles. The van der Waals surface area contributed by atoms with Gasteiger partial charge in [0.15, 0.2) is 5.82 Å². The van der Waals surface area contributed by atoms with Crippen LogP contribution in [0.25, 0.3) is 0 Å². The van der Waals surface area contributed by atoms with Gasteiger partial charge in [0.05, 0.1) is 6.54 Å². The third-order valence-electron chi connectivity index (χ3n) is 2.64. The van der Waals surface area contributed by atoms with Crippen LogP contribution in [0, 0.1) is 0 Å². The molecule has 1 fully saturated rings. The van der Waals surface area contributed by atoms with E-state index >= 15 is 0 Å². The van der Waals surface area contributed by atoms with Crippen LogP contribution in [-0.4, -0.2) is 45.8 Å². The van der Waals surface area contributed by atoms with E-state index in [1.165, 1.54) is 6.42 Å². The average molecular weight is 210 g/mol. The molecule has 3 N–H and O–H groups in total. The van der Waals surface area contributed by atoms with Crippen molar-refractivity contribution in [2.24, 2.45) is 7.05 Å². The smallest absolute Gasteiger partial charge is 0.218 e. The van der Waals surface area contributed by atoms with E-state index in [1.54, 1.807) is 4.68 Å². The fourth-order valence-electron chi connectivity index (χ4n) is 1.78. The van der Waals surface area contributed by atoms with Gasteiger partial charge >= 0.3 is 0 Å². The lowest BCUT2D eigenvalue weighted by atomic mass is 10.4. The molecule has 0 aromatic carbocycles. The molecule has 0 spiro atoms. The first-order valence-corrected chi connectivity index (χ1v) is 5.34. The van der Waals surface area contributed by atoms with Crippen LogP contribution in [0.15, 0.2) is 0 Å². The molecule has 0 radical (unpaired) electrons. The normalized spacial score (nSPS) is 19.0. The van der Waals surface area contributed by atoms with Gasteiger partial charge < -0.3 is 11.1 Å². The van der Waals surface area contributed by atoms with Crippen molar-refractivity contribution in [3.8, 4) is 0 Å². The highest BCUT2D eigenvalue weighted by atomic mass is 15.4. The van der Waals surface area contributed by atoms with Gasteiger partial charge in [-0.2, -0.15) is 10.1 Å². The summed E-state index contributed by atoms with van der Waals surface area (Å²) in [4.78, 5) is 6.56. The molecule has 1 aromatic rings. The summed E-state index contributed by atoms with van der Waals surface area (Å²) in [6.45, 7) is 5.10. The van der Waals surface area contributed by atoms with Gasteiger partial charge in [0.25, 0.3) is 0 Å². The van der Waals surface area contributed by atoms with Gasteiger partial charge in [0, 0.05) is 20.1 Å². The van der Waals surface area contributed by atoms with E-state index in [9.17, 15) is 0 Å². The van der Waals surface area contributed by atoms with Gasteiger partial charge in [-0.25, -0.2) is 4.68 Å². The second kappa shape index (κ2) is 4.59. The average Bonchev–Trinajstić information content (AvgIpc) is 2.45. The molecule has 6 nitrogen and oxygen atoms in total. The van der Waals surface area contributed by atoms with Gasteiger partial charge in [-0.3, -0.25) is 4.90 Å². The molecule has 0 aliphatic carbocycles. The third-order valence-corrected chi connectivity index (χ3v) is 2.64. The third kappa shape index (κ3) is 2.66. The summed E-state index contributed by atoms with van der Waals surface area (Å²) < 4.78 is 1.62. The Kier molecular flexibility index (Phi) is 3.17. The predicted octanol–water partition coefficient (Wildman–Crippen LogP) is -0.807. The van der Waals surface area contributed by atoms with E-state index in [-0.39, 0.29) is 0 Å². The molecule has 0 saturated carbocycles. The minimum Gasteiger partial charge on any atom is -0.368 e. The van der Waals surface area contributed by atoms with Crippen molar-refractivity contribution >= 4 is 5.95 Å². The molecule has 1 saturated heterocycles. The molecule has 0 atom stereocenters. The maximum absolute atomic E-state index is 5.64. The Bertz CT molecular complexity index is 293. The van der Waals surface area contributed by atoms with Crippen molar-refractivity contribution in [2.45, 2.75) is 13.0 Å². The highest BCUT2D eigenvalue weighted by molar-refractivity contribution is 5.15. The number of hydrogen-bond donors (Lipinski definition) is 2. The molecule has 0 unspecified atom stereocenters. The zero-order valence-corrected chi connectivity index (χ0v) is 9.11. The first-order valence-electron chi connectivity index (χ1n) is 5.34. The number of nitrogens with two attached hydrogens (primary N) is 1. The summed E-state index contributed by atoms with van der Waals surface area (Å²) in [5, 5.41) is 7.62. The van der Waals surface area contributed by atoms with Crippen molar-refractivity contribution in [3.63, 3.8) is 0 Å². The van der Waals surface area contributed by atoms with Gasteiger partial charge in [-0.1, -0.05) is 0 Å². The highest BCUT2D eigenvalue weighted by Gasteiger charge is 2.12. The molecular weight excluding hydrogens is 192 g/mol. The summed E-state index contributed by atoms with van der Waals surface area (Å²) in [7, 11) is 1.82. The largest absolute Gasteiger partial charge is 0.368 e. The molecule has 15 heavy (non-hydrogen) atoms. The number of aryl methyl sites for hydroxylation is 1. The maximum Gasteiger partial charge on any atom is 0.218 e. The van der Waals surface area contributed by atoms with Crippen LogP contribution in [0.4, 0.5) is 5.95 Å².